The van der Waals surface area contributed by atoms with E-state index >= 15 is 0 Å². The molecule has 2 rings (SSSR count). The molecule has 1 aliphatic carbocycles. The van der Waals surface area contributed by atoms with Crippen molar-refractivity contribution in [2.24, 2.45) is 5.92 Å². The summed E-state index contributed by atoms with van der Waals surface area (Å²) >= 11 is 1.86. The van der Waals surface area contributed by atoms with Crippen LogP contribution in [0.15, 0.2) is 29.2 Å². The summed E-state index contributed by atoms with van der Waals surface area (Å²) in [5.74, 6) is 0.953. The zero-order chi connectivity index (χ0) is 12.1. The second-order valence-electron chi connectivity index (χ2n) is 4.88. The molecular formula is C15H23NS. The van der Waals surface area contributed by atoms with Gasteiger partial charge in [0.25, 0.3) is 0 Å². The van der Waals surface area contributed by atoms with Gasteiger partial charge >= 0.3 is 0 Å². The van der Waals surface area contributed by atoms with Gasteiger partial charge in [0.15, 0.2) is 0 Å². The Morgan fingerprint density at radius 2 is 2.12 bits per heavy atom. The fourth-order valence-electron chi connectivity index (χ4n) is 2.58. The first kappa shape index (κ1) is 13.0. The van der Waals surface area contributed by atoms with Crippen molar-refractivity contribution in [3.05, 3.63) is 29.8 Å². The average molecular weight is 249 g/mol. The van der Waals surface area contributed by atoms with Crippen molar-refractivity contribution in [3.8, 4) is 0 Å². The minimum atomic E-state index is 0.550. The molecule has 0 spiro atoms. The molecule has 1 nitrogen and oxygen atoms in total. The number of hydrogen-bond donors (Lipinski definition) is 1. The molecule has 1 fully saturated rings. The molecule has 1 atom stereocenters. The quantitative estimate of drug-likeness (QED) is 0.756. The number of thioether (sulfide) groups is 1. The van der Waals surface area contributed by atoms with E-state index in [0.29, 0.717) is 6.04 Å². The molecule has 0 aliphatic heterocycles. The van der Waals surface area contributed by atoms with Crippen molar-refractivity contribution < 1.29 is 0 Å². The molecule has 17 heavy (non-hydrogen) atoms. The predicted octanol–water partition coefficient (Wildman–Crippen LogP) is 4.25. The fourth-order valence-corrected chi connectivity index (χ4v) is 3.24. The van der Waals surface area contributed by atoms with Crippen LogP contribution < -0.4 is 5.32 Å². The normalized spacial score (nSPS) is 17.8. The third kappa shape index (κ3) is 3.26. The van der Waals surface area contributed by atoms with Crippen LogP contribution in [0.25, 0.3) is 0 Å². The first-order valence-electron chi connectivity index (χ1n) is 6.71. The van der Waals surface area contributed by atoms with E-state index in [1.165, 1.54) is 36.1 Å². The number of benzene rings is 1. The molecule has 2 heteroatoms. The van der Waals surface area contributed by atoms with Gasteiger partial charge in [-0.15, -0.1) is 11.8 Å². The summed E-state index contributed by atoms with van der Waals surface area (Å²) in [7, 11) is 0. The molecule has 0 radical (unpaired) electrons. The van der Waals surface area contributed by atoms with Crippen molar-refractivity contribution in [3.63, 3.8) is 0 Å². The maximum absolute atomic E-state index is 3.66. The monoisotopic (exact) mass is 249 g/mol. The summed E-state index contributed by atoms with van der Waals surface area (Å²) in [4.78, 5) is 1.43. The summed E-state index contributed by atoms with van der Waals surface area (Å²) in [6.07, 6.45) is 7.79. The van der Waals surface area contributed by atoms with E-state index in [9.17, 15) is 0 Å². The fraction of sp³-hybridized carbons (Fsp3) is 0.600. The van der Waals surface area contributed by atoms with Crippen LogP contribution in [0.4, 0.5) is 0 Å². The van der Waals surface area contributed by atoms with E-state index in [0.717, 1.165) is 12.5 Å². The van der Waals surface area contributed by atoms with Crippen LogP contribution >= 0.6 is 11.8 Å². The van der Waals surface area contributed by atoms with Gasteiger partial charge in [-0.05, 0) is 36.8 Å². The lowest BCUT2D eigenvalue weighted by molar-refractivity contribution is 0.261. The predicted molar refractivity (Wildman–Crippen MR) is 76.6 cm³/mol. The van der Waals surface area contributed by atoms with Crippen LogP contribution in [0.2, 0.25) is 0 Å². The van der Waals surface area contributed by atoms with E-state index in [2.05, 4.69) is 42.8 Å². The van der Waals surface area contributed by atoms with Crippen LogP contribution in [-0.4, -0.2) is 12.8 Å². The highest BCUT2D eigenvalue weighted by atomic mass is 32.2. The molecule has 0 heterocycles. The average Bonchev–Trinajstić information content (AvgIpc) is 2.32. The van der Waals surface area contributed by atoms with Crippen LogP contribution in [-0.2, 0) is 0 Å². The molecule has 0 bridgehead atoms. The molecule has 1 aliphatic rings. The van der Waals surface area contributed by atoms with Gasteiger partial charge in [-0.3, -0.25) is 0 Å². The van der Waals surface area contributed by atoms with Crippen LogP contribution in [0, 0.1) is 5.92 Å². The summed E-state index contributed by atoms with van der Waals surface area (Å²) in [5, 5.41) is 3.66. The standard InChI is InChI=1S/C15H23NS/c1-3-16-14(11-12-7-6-8-12)13-9-4-5-10-15(13)17-2/h4-5,9-10,12,14,16H,3,6-8,11H2,1-2H3. The van der Waals surface area contributed by atoms with Gasteiger partial charge in [0, 0.05) is 10.9 Å². The minimum absolute atomic E-state index is 0.550. The lowest BCUT2D eigenvalue weighted by Gasteiger charge is -2.31. The molecule has 0 amide bonds. The van der Waals surface area contributed by atoms with Crippen molar-refractivity contribution in [2.75, 3.05) is 12.8 Å². The molecule has 0 aromatic heterocycles. The Morgan fingerprint density at radius 3 is 2.71 bits per heavy atom. The maximum Gasteiger partial charge on any atom is 0.0333 e. The Balaban J connectivity index is 2.12. The third-order valence-electron chi connectivity index (χ3n) is 3.76. The van der Waals surface area contributed by atoms with E-state index in [4.69, 9.17) is 0 Å². The molecular weight excluding hydrogens is 226 g/mol. The maximum atomic E-state index is 3.66. The first-order valence-corrected chi connectivity index (χ1v) is 7.94. The molecule has 1 aromatic carbocycles. The summed E-state index contributed by atoms with van der Waals surface area (Å²) in [6.45, 7) is 3.26. The van der Waals surface area contributed by atoms with Gasteiger partial charge in [-0.25, -0.2) is 0 Å². The molecule has 1 saturated carbocycles. The van der Waals surface area contributed by atoms with E-state index < -0.39 is 0 Å². The smallest absolute Gasteiger partial charge is 0.0333 e. The van der Waals surface area contributed by atoms with Crippen molar-refractivity contribution in [2.45, 2.75) is 43.5 Å². The number of rotatable bonds is 6. The minimum Gasteiger partial charge on any atom is -0.310 e. The zero-order valence-corrected chi connectivity index (χ0v) is 11.7. The van der Waals surface area contributed by atoms with Crippen LogP contribution in [0.3, 0.4) is 0 Å². The van der Waals surface area contributed by atoms with E-state index in [1.54, 1.807) is 0 Å². The number of nitrogens with one attached hydrogen (secondary N) is 1. The molecule has 1 unspecified atom stereocenters. The summed E-state index contributed by atoms with van der Waals surface area (Å²) in [5.41, 5.74) is 1.49. The Morgan fingerprint density at radius 1 is 1.35 bits per heavy atom. The number of hydrogen-bond acceptors (Lipinski definition) is 2. The third-order valence-corrected chi connectivity index (χ3v) is 4.57. The van der Waals surface area contributed by atoms with Crippen LogP contribution in [0.1, 0.15) is 44.2 Å². The lowest BCUT2D eigenvalue weighted by Crippen LogP contribution is -2.26. The molecule has 94 valence electrons. The van der Waals surface area contributed by atoms with Crippen molar-refractivity contribution >= 4 is 11.8 Å². The van der Waals surface area contributed by atoms with Gasteiger partial charge < -0.3 is 5.32 Å². The summed E-state index contributed by atoms with van der Waals surface area (Å²) < 4.78 is 0. The van der Waals surface area contributed by atoms with E-state index in [1.807, 2.05) is 11.8 Å². The highest BCUT2D eigenvalue weighted by molar-refractivity contribution is 7.98. The van der Waals surface area contributed by atoms with Crippen LogP contribution in [0.5, 0.6) is 0 Å². The highest BCUT2D eigenvalue weighted by Crippen LogP contribution is 2.36. The zero-order valence-electron chi connectivity index (χ0n) is 10.9. The lowest BCUT2D eigenvalue weighted by atomic mass is 9.79. The van der Waals surface area contributed by atoms with Gasteiger partial charge in [-0.2, -0.15) is 0 Å². The van der Waals surface area contributed by atoms with E-state index in [-0.39, 0.29) is 0 Å². The Bertz CT molecular complexity index is 347. The summed E-state index contributed by atoms with van der Waals surface area (Å²) in [6, 6.07) is 9.39. The Hall–Kier alpha value is -0.470. The van der Waals surface area contributed by atoms with Gasteiger partial charge in [0.2, 0.25) is 0 Å². The Kier molecular flexibility index (Phi) is 4.93. The first-order chi connectivity index (χ1) is 8.35. The topological polar surface area (TPSA) is 12.0 Å². The van der Waals surface area contributed by atoms with Crippen molar-refractivity contribution in [1.29, 1.82) is 0 Å². The second kappa shape index (κ2) is 6.46. The van der Waals surface area contributed by atoms with Gasteiger partial charge in [0.1, 0.15) is 0 Å². The SMILES string of the molecule is CCNC(CC1CCC1)c1ccccc1SC. The largest absolute Gasteiger partial charge is 0.310 e. The van der Waals surface area contributed by atoms with Gasteiger partial charge in [-0.1, -0.05) is 44.4 Å². The molecule has 0 saturated heterocycles. The molecule has 1 N–H and O–H groups in total. The Labute approximate surface area is 109 Å². The van der Waals surface area contributed by atoms with Gasteiger partial charge in [0.05, 0.1) is 0 Å². The highest BCUT2D eigenvalue weighted by Gasteiger charge is 2.23. The van der Waals surface area contributed by atoms with Crippen molar-refractivity contribution in [1.82, 2.24) is 5.32 Å². The molecule has 1 aromatic rings. The second-order valence-corrected chi connectivity index (χ2v) is 5.73.